The SMILES string of the molecule is O=C1CC2(CC3CCC2C3)N1. The first-order chi connectivity index (χ1) is 5.28. The summed E-state index contributed by atoms with van der Waals surface area (Å²) in [6, 6.07) is 0. The molecular formula is C9H13NO. The Hall–Kier alpha value is -0.530. The molecule has 1 N–H and O–H groups in total. The van der Waals surface area contributed by atoms with Crippen LogP contribution in [0.2, 0.25) is 0 Å². The van der Waals surface area contributed by atoms with E-state index in [9.17, 15) is 4.79 Å². The summed E-state index contributed by atoms with van der Waals surface area (Å²) in [5.41, 5.74) is 0.306. The van der Waals surface area contributed by atoms with Gasteiger partial charge in [0.05, 0.1) is 5.54 Å². The monoisotopic (exact) mass is 151 g/mol. The van der Waals surface area contributed by atoms with Crippen molar-refractivity contribution in [2.24, 2.45) is 11.8 Å². The van der Waals surface area contributed by atoms with Crippen LogP contribution < -0.4 is 5.32 Å². The molecule has 2 bridgehead atoms. The summed E-state index contributed by atoms with van der Waals surface area (Å²) in [6.45, 7) is 0. The largest absolute Gasteiger partial charge is 0.350 e. The van der Waals surface area contributed by atoms with Crippen LogP contribution in [0.1, 0.15) is 32.1 Å². The van der Waals surface area contributed by atoms with Gasteiger partial charge in [-0.25, -0.2) is 0 Å². The third-order valence-corrected chi connectivity index (χ3v) is 3.84. The van der Waals surface area contributed by atoms with E-state index in [1.54, 1.807) is 0 Å². The van der Waals surface area contributed by atoms with Gasteiger partial charge in [0.1, 0.15) is 0 Å². The molecule has 1 amide bonds. The number of hydrogen-bond acceptors (Lipinski definition) is 1. The van der Waals surface area contributed by atoms with Crippen molar-refractivity contribution in [2.75, 3.05) is 0 Å². The van der Waals surface area contributed by atoms with Gasteiger partial charge in [0.25, 0.3) is 0 Å². The lowest BCUT2D eigenvalue weighted by Gasteiger charge is -2.45. The average Bonchev–Trinajstić information content (AvgIpc) is 2.43. The molecule has 3 aliphatic rings. The summed E-state index contributed by atoms with van der Waals surface area (Å²) in [5, 5.41) is 3.11. The zero-order chi connectivity index (χ0) is 7.47. The van der Waals surface area contributed by atoms with E-state index in [4.69, 9.17) is 0 Å². The van der Waals surface area contributed by atoms with E-state index in [1.807, 2.05) is 0 Å². The van der Waals surface area contributed by atoms with Gasteiger partial charge in [-0.05, 0) is 37.5 Å². The van der Waals surface area contributed by atoms with Crippen molar-refractivity contribution in [3.63, 3.8) is 0 Å². The summed E-state index contributed by atoms with van der Waals surface area (Å²) in [5.74, 6) is 2.06. The van der Waals surface area contributed by atoms with Gasteiger partial charge in [-0.15, -0.1) is 0 Å². The van der Waals surface area contributed by atoms with Gasteiger partial charge < -0.3 is 5.32 Å². The Morgan fingerprint density at radius 1 is 1.45 bits per heavy atom. The number of carbonyl (C=O) groups excluding carboxylic acids is 1. The fourth-order valence-electron chi connectivity index (χ4n) is 3.36. The fraction of sp³-hybridized carbons (Fsp3) is 0.889. The maximum absolute atomic E-state index is 10.8. The van der Waals surface area contributed by atoms with Gasteiger partial charge in [0.15, 0.2) is 0 Å². The Kier molecular flexibility index (Phi) is 0.890. The van der Waals surface area contributed by atoms with Gasteiger partial charge in [-0.2, -0.15) is 0 Å². The van der Waals surface area contributed by atoms with Crippen LogP contribution in [-0.4, -0.2) is 11.4 Å². The van der Waals surface area contributed by atoms with Crippen LogP contribution in [0, 0.1) is 11.8 Å². The van der Waals surface area contributed by atoms with E-state index >= 15 is 0 Å². The number of rotatable bonds is 0. The van der Waals surface area contributed by atoms with Gasteiger partial charge in [-0.1, -0.05) is 0 Å². The van der Waals surface area contributed by atoms with Crippen LogP contribution >= 0.6 is 0 Å². The number of fused-ring (bicyclic) bond motifs is 3. The van der Waals surface area contributed by atoms with Crippen molar-refractivity contribution in [3.8, 4) is 0 Å². The molecule has 0 aromatic heterocycles. The van der Waals surface area contributed by atoms with E-state index in [0.29, 0.717) is 5.54 Å². The van der Waals surface area contributed by atoms with Gasteiger partial charge in [0.2, 0.25) is 5.91 Å². The van der Waals surface area contributed by atoms with Crippen LogP contribution in [0.3, 0.4) is 0 Å². The maximum Gasteiger partial charge on any atom is 0.222 e. The predicted molar refractivity (Wildman–Crippen MR) is 40.9 cm³/mol. The summed E-state index contributed by atoms with van der Waals surface area (Å²) in [7, 11) is 0. The Morgan fingerprint density at radius 3 is 2.73 bits per heavy atom. The molecule has 1 aliphatic heterocycles. The van der Waals surface area contributed by atoms with Crippen molar-refractivity contribution in [3.05, 3.63) is 0 Å². The Balaban J connectivity index is 1.86. The second-order valence-electron chi connectivity index (χ2n) is 4.46. The second-order valence-corrected chi connectivity index (χ2v) is 4.46. The summed E-state index contributed by atoms with van der Waals surface area (Å²) in [6.07, 6.45) is 6.28. The molecule has 0 aromatic carbocycles. The highest BCUT2D eigenvalue weighted by molar-refractivity contribution is 5.85. The average molecular weight is 151 g/mol. The van der Waals surface area contributed by atoms with E-state index in [-0.39, 0.29) is 5.91 Å². The minimum atomic E-state index is 0.276. The topological polar surface area (TPSA) is 29.1 Å². The fourth-order valence-corrected chi connectivity index (χ4v) is 3.36. The van der Waals surface area contributed by atoms with E-state index in [2.05, 4.69) is 5.32 Å². The van der Waals surface area contributed by atoms with E-state index in [0.717, 1.165) is 18.3 Å². The Labute approximate surface area is 66.4 Å². The third-order valence-electron chi connectivity index (χ3n) is 3.84. The number of nitrogens with one attached hydrogen (secondary N) is 1. The Bertz CT molecular complexity index is 216. The number of amides is 1. The normalized spacial score (nSPS) is 52.9. The molecule has 1 saturated heterocycles. The first-order valence-corrected chi connectivity index (χ1v) is 4.59. The first kappa shape index (κ1) is 6.04. The predicted octanol–water partition coefficient (Wildman–Crippen LogP) is 1.07. The van der Waals surface area contributed by atoms with Crippen molar-refractivity contribution in [1.29, 1.82) is 0 Å². The molecule has 1 heterocycles. The number of β-lactam (4-membered cyclic amide) rings is 1. The van der Waals surface area contributed by atoms with Crippen molar-refractivity contribution in [1.82, 2.24) is 5.32 Å². The molecule has 2 nitrogen and oxygen atoms in total. The minimum Gasteiger partial charge on any atom is -0.350 e. The second kappa shape index (κ2) is 1.62. The Morgan fingerprint density at radius 2 is 2.27 bits per heavy atom. The molecule has 0 aromatic rings. The molecule has 3 unspecified atom stereocenters. The summed E-state index contributed by atoms with van der Waals surface area (Å²) < 4.78 is 0. The quantitative estimate of drug-likeness (QED) is 0.515. The third kappa shape index (κ3) is 0.608. The molecule has 2 aliphatic carbocycles. The van der Waals surface area contributed by atoms with Crippen molar-refractivity contribution < 1.29 is 4.79 Å². The molecular weight excluding hydrogens is 138 g/mol. The lowest BCUT2D eigenvalue weighted by atomic mass is 9.73. The molecule has 3 atom stereocenters. The first-order valence-electron chi connectivity index (χ1n) is 4.59. The molecule has 3 fully saturated rings. The number of hydrogen-bond donors (Lipinski definition) is 1. The number of carbonyl (C=O) groups is 1. The van der Waals surface area contributed by atoms with Crippen LogP contribution in [0.25, 0.3) is 0 Å². The van der Waals surface area contributed by atoms with Crippen LogP contribution in [-0.2, 0) is 4.79 Å². The molecule has 2 heteroatoms. The highest BCUT2D eigenvalue weighted by Crippen LogP contribution is 2.54. The van der Waals surface area contributed by atoms with Crippen LogP contribution in [0.4, 0.5) is 0 Å². The lowest BCUT2D eigenvalue weighted by Crippen LogP contribution is -2.63. The standard InChI is InChI=1S/C9H13NO/c11-8-5-9(10-8)4-6-1-2-7(9)3-6/h6-7H,1-5H2,(H,10,11). The molecule has 60 valence electrons. The summed E-state index contributed by atoms with van der Waals surface area (Å²) in [4.78, 5) is 10.8. The van der Waals surface area contributed by atoms with E-state index < -0.39 is 0 Å². The zero-order valence-electron chi connectivity index (χ0n) is 6.60. The molecule has 11 heavy (non-hydrogen) atoms. The molecule has 0 radical (unpaired) electrons. The lowest BCUT2D eigenvalue weighted by molar-refractivity contribution is -0.135. The minimum absolute atomic E-state index is 0.276. The highest BCUT2D eigenvalue weighted by Gasteiger charge is 2.57. The van der Waals surface area contributed by atoms with Gasteiger partial charge in [-0.3, -0.25) is 4.79 Å². The van der Waals surface area contributed by atoms with Crippen molar-refractivity contribution in [2.45, 2.75) is 37.6 Å². The van der Waals surface area contributed by atoms with Gasteiger partial charge >= 0.3 is 0 Å². The smallest absolute Gasteiger partial charge is 0.222 e. The van der Waals surface area contributed by atoms with Crippen LogP contribution in [0.15, 0.2) is 0 Å². The molecule has 2 saturated carbocycles. The highest BCUT2D eigenvalue weighted by atomic mass is 16.2. The van der Waals surface area contributed by atoms with E-state index in [1.165, 1.54) is 25.7 Å². The van der Waals surface area contributed by atoms with Crippen molar-refractivity contribution >= 4 is 5.91 Å². The zero-order valence-corrected chi connectivity index (χ0v) is 6.60. The van der Waals surface area contributed by atoms with Crippen LogP contribution in [0.5, 0.6) is 0 Å². The van der Waals surface area contributed by atoms with Gasteiger partial charge in [0, 0.05) is 6.42 Å². The summed E-state index contributed by atoms with van der Waals surface area (Å²) >= 11 is 0. The molecule has 1 spiro atoms. The maximum atomic E-state index is 10.8. The molecule has 3 rings (SSSR count).